The molecule has 0 bridgehead atoms. The monoisotopic (exact) mass is 358 g/mol. The van der Waals surface area contributed by atoms with Crippen LogP contribution < -0.4 is 18.9 Å². The fraction of sp³-hybridized carbons (Fsp3) is 0.400. The molecule has 6 heteroatoms. The minimum Gasteiger partial charge on any atom is -0.497 e. The van der Waals surface area contributed by atoms with E-state index >= 15 is 0 Å². The van der Waals surface area contributed by atoms with Crippen LogP contribution in [-0.4, -0.2) is 37.6 Å². The lowest BCUT2D eigenvalue weighted by Crippen LogP contribution is -2.40. The molecule has 0 saturated carbocycles. The summed E-state index contributed by atoms with van der Waals surface area (Å²) in [7, 11) is 3.16. The van der Waals surface area contributed by atoms with E-state index in [2.05, 4.69) is 0 Å². The van der Waals surface area contributed by atoms with E-state index in [-0.39, 0.29) is 11.8 Å². The van der Waals surface area contributed by atoms with E-state index in [4.69, 9.17) is 18.9 Å². The van der Waals surface area contributed by atoms with Gasteiger partial charge in [0.1, 0.15) is 23.0 Å². The molecule has 2 aliphatic heterocycles. The van der Waals surface area contributed by atoms with Gasteiger partial charge in [-0.15, -0.1) is 0 Å². The SMILES string of the molecule is COc1ccc2c(c1)[C@@H](O)[C@@H]([C@@H]1COc3ccc(OC)cc3[C@@H]1O)CO2. The minimum atomic E-state index is -0.774. The molecule has 0 fully saturated rings. The summed E-state index contributed by atoms with van der Waals surface area (Å²) in [5.74, 6) is 1.99. The standard InChI is InChI=1S/C20H22O6/c1-23-11-3-5-17-13(7-11)19(21)15(9-25-17)16-10-26-18-6-4-12(24-2)8-14(18)20(16)22/h3-8,15-16,19-22H,9-10H2,1-2H3/t15-,16+,19-,20+. The Labute approximate surface area is 151 Å². The molecule has 0 aliphatic carbocycles. The summed E-state index contributed by atoms with van der Waals surface area (Å²) in [5, 5.41) is 21.9. The van der Waals surface area contributed by atoms with Gasteiger partial charge in [-0.05, 0) is 36.4 Å². The number of ether oxygens (including phenoxy) is 4. The maximum atomic E-state index is 10.9. The van der Waals surface area contributed by atoms with Gasteiger partial charge in [0, 0.05) is 23.0 Å². The zero-order valence-electron chi connectivity index (χ0n) is 14.7. The molecule has 26 heavy (non-hydrogen) atoms. The molecule has 2 N–H and O–H groups in total. The normalized spacial score (nSPS) is 26.8. The summed E-state index contributed by atoms with van der Waals surface area (Å²) in [6.45, 7) is 0.621. The predicted octanol–water partition coefficient (Wildman–Crippen LogP) is 2.49. The van der Waals surface area contributed by atoms with Crippen LogP contribution in [0.2, 0.25) is 0 Å². The Bertz CT molecular complexity index is 737. The van der Waals surface area contributed by atoms with Crippen molar-refractivity contribution in [2.24, 2.45) is 11.8 Å². The van der Waals surface area contributed by atoms with Crippen LogP contribution in [0.3, 0.4) is 0 Å². The van der Waals surface area contributed by atoms with Crippen LogP contribution in [0.25, 0.3) is 0 Å². The maximum absolute atomic E-state index is 10.9. The Hall–Kier alpha value is -2.44. The minimum absolute atomic E-state index is 0.302. The Morgan fingerprint density at radius 2 is 1.19 bits per heavy atom. The van der Waals surface area contributed by atoms with E-state index in [1.807, 2.05) is 0 Å². The molecule has 4 atom stereocenters. The number of hydrogen-bond donors (Lipinski definition) is 2. The van der Waals surface area contributed by atoms with Crippen molar-refractivity contribution in [2.75, 3.05) is 27.4 Å². The van der Waals surface area contributed by atoms with Crippen LogP contribution in [0.4, 0.5) is 0 Å². The maximum Gasteiger partial charge on any atom is 0.125 e. The van der Waals surface area contributed by atoms with Crippen LogP contribution >= 0.6 is 0 Å². The largest absolute Gasteiger partial charge is 0.497 e. The number of rotatable bonds is 3. The molecular formula is C20H22O6. The summed E-state index contributed by atoms with van der Waals surface area (Å²) >= 11 is 0. The number of aliphatic hydroxyl groups is 2. The lowest BCUT2D eigenvalue weighted by Gasteiger charge is -2.40. The summed E-state index contributed by atoms with van der Waals surface area (Å²) in [5.41, 5.74) is 1.34. The lowest BCUT2D eigenvalue weighted by molar-refractivity contribution is -0.0552. The smallest absolute Gasteiger partial charge is 0.125 e. The van der Waals surface area contributed by atoms with Gasteiger partial charge in [-0.1, -0.05) is 0 Å². The summed E-state index contributed by atoms with van der Waals surface area (Å²) in [6, 6.07) is 10.7. The molecule has 0 saturated heterocycles. The molecule has 0 amide bonds. The first kappa shape index (κ1) is 17.0. The predicted molar refractivity (Wildman–Crippen MR) is 93.9 cm³/mol. The quantitative estimate of drug-likeness (QED) is 0.878. The average Bonchev–Trinajstić information content (AvgIpc) is 2.69. The first-order chi connectivity index (χ1) is 12.6. The van der Waals surface area contributed by atoms with E-state index < -0.39 is 12.2 Å². The second-order valence-electron chi connectivity index (χ2n) is 6.65. The number of methoxy groups -OCH3 is 2. The second kappa shape index (κ2) is 6.70. The van der Waals surface area contributed by atoms with E-state index in [0.717, 1.165) is 0 Å². The van der Waals surface area contributed by atoms with Crippen molar-refractivity contribution in [3.63, 3.8) is 0 Å². The lowest BCUT2D eigenvalue weighted by atomic mass is 9.77. The molecule has 0 spiro atoms. The van der Waals surface area contributed by atoms with E-state index in [9.17, 15) is 10.2 Å². The number of aliphatic hydroxyl groups excluding tert-OH is 2. The highest BCUT2D eigenvalue weighted by Crippen LogP contribution is 2.47. The Kier molecular flexibility index (Phi) is 4.38. The highest BCUT2D eigenvalue weighted by Gasteiger charge is 2.42. The van der Waals surface area contributed by atoms with Crippen molar-refractivity contribution < 1.29 is 29.2 Å². The summed E-state index contributed by atoms with van der Waals surface area (Å²) in [4.78, 5) is 0. The van der Waals surface area contributed by atoms with Crippen molar-refractivity contribution in [1.29, 1.82) is 0 Å². The zero-order valence-corrected chi connectivity index (χ0v) is 14.7. The summed E-state index contributed by atoms with van der Waals surface area (Å²) in [6.07, 6.45) is -1.55. The molecule has 4 rings (SSSR count). The van der Waals surface area contributed by atoms with Crippen LogP contribution in [0.15, 0.2) is 36.4 Å². The first-order valence-electron chi connectivity index (χ1n) is 8.60. The zero-order chi connectivity index (χ0) is 18.3. The van der Waals surface area contributed by atoms with Gasteiger partial charge in [-0.25, -0.2) is 0 Å². The third-order valence-corrected chi connectivity index (χ3v) is 5.29. The number of benzene rings is 2. The highest BCUT2D eigenvalue weighted by molar-refractivity contribution is 5.45. The van der Waals surface area contributed by atoms with Gasteiger partial charge in [0.05, 0.1) is 39.6 Å². The van der Waals surface area contributed by atoms with Gasteiger partial charge in [0.2, 0.25) is 0 Å². The molecule has 2 heterocycles. The summed E-state index contributed by atoms with van der Waals surface area (Å²) < 4.78 is 22.2. The van der Waals surface area contributed by atoms with Gasteiger partial charge in [-0.3, -0.25) is 0 Å². The van der Waals surface area contributed by atoms with Crippen LogP contribution in [-0.2, 0) is 0 Å². The van der Waals surface area contributed by atoms with E-state index in [0.29, 0.717) is 47.3 Å². The number of hydrogen-bond acceptors (Lipinski definition) is 6. The third kappa shape index (κ3) is 2.75. The van der Waals surface area contributed by atoms with E-state index in [1.54, 1.807) is 50.6 Å². The van der Waals surface area contributed by atoms with Gasteiger partial charge in [0.15, 0.2) is 0 Å². The molecule has 2 aliphatic rings. The fourth-order valence-corrected chi connectivity index (χ4v) is 3.76. The average molecular weight is 358 g/mol. The van der Waals surface area contributed by atoms with Crippen LogP contribution in [0.1, 0.15) is 23.3 Å². The van der Waals surface area contributed by atoms with Crippen molar-refractivity contribution in [2.45, 2.75) is 12.2 Å². The Morgan fingerprint density at radius 3 is 1.58 bits per heavy atom. The van der Waals surface area contributed by atoms with Crippen molar-refractivity contribution >= 4 is 0 Å². The van der Waals surface area contributed by atoms with Crippen LogP contribution in [0, 0.1) is 11.8 Å². The Morgan fingerprint density at radius 1 is 0.769 bits per heavy atom. The number of fused-ring (bicyclic) bond motifs is 2. The molecule has 2 aromatic carbocycles. The first-order valence-corrected chi connectivity index (χ1v) is 8.60. The molecule has 138 valence electrons. The molecule has 0 unspecified atom stereocenters. The molecular weight excluding hydrogens is 336 g/mol. The van der Waals surface area contributed by atoms with Gasteiger partial charge >= 0.3 is 0 Å². The molecule has 0 aromatic heterocycles. The third-order valence-electron chi connectivity index (χ3n) is 5.29. The highest BCUT2D eigenvalue weighted by atomic mass is 16.5. The molecule has 6 nitrogen and oxygen atoms in total. The van der Waals surface area contributed by atoms with Crippen molar-refractivity contribution in [3.05, 3.63) is 47.5 Å². The van der Waals surface area contributed by atoms with Crippen molar-refractivity contribution in [3.8, 4) is 23.0 Å². The van der Waals surface area contributed by atoms with Crippen molar-refractivity contribution in [1.82, 2.24) is 0 Å². The second-order valence-corrected chi connectivity index (χ2v) is 6.65. The van der Waals surface area contributed by atoms with Gasteiger partial charge in [-0.2, -0.15) is 0 Å². The van der Waals surface area contributed by atoms with Crippen LogP contribution in [0.5, 0.6) is 23.0 Å². The Balaban J connectivity index is 1.63. The van der Waals surface area contributed by atoms with E-state index in [1.165, 1.54) is 0 Å². The topological polar surface area (TPSA) is 77.4 Å². The molecule has 2 aromatic rings. The molecule has 0 radical (unpaired) electrons. The fourth-order valence-electron chi connectivity index (χ4n) is 3.76. The van der Waals surface area contributed by atoms with Gasteiger partial charge < -0.3 is 29.2 Å². The van der Waals surface area contributed by atoms with Gasteiger partial charge in [0.25, 0.3) is 0 Å².